The zero-order chi connectivity index (χ0) is 22.2. The van der Waals surface area contributed by atoms with E-state index in [1.807, 2.05) is 37.6 Å². The van der Waals surface area contributed by atoms with E-state index < -0.39 is 0 Å². The standard InChI is InChI=1S/C22H21N7O2S/c1-14-19-15(12-16(18-4-3-11-32-18)25-20(19)27(2)26-14)21(30)28-7-9-29(10-8-28)22(31)17-13-23-5-6-24-17/h3-6,11-13H,7-10H2,1-2H3. The Morgan fingerprint density at radius 1 is 1.06 bits per heavy atom. The van der Waals surface area contributed by atoms with Gasteiger partial charge in [-0.1, -0.05) is 6.07 Å². The van der Waals surface area contributed by atoms with Crippen molar-refractivity contribution in [2.75, 3.05) is 26.2 Å². The third-order valence-electron chi connectivity index (χ3n) is 5.61. The minimum absolute atomic E-state index is 0.0714. The van der Waals surface area contributed by atoms with Crippen LogP contribution >= 0.6 is 11.3 Å². The zero-order valence-electron chi connectivity index (χ0n) is 17.7. The van der Waals surface area contributed by atoms with Crippen molar-refractivity contribution in [1.82, 2.24) is 34.5 Å². The quantitative estimate of drug-likeness (QED) is 0.478. The van der Waals surface area contributed by atoms with Gasteiger partial charge in [-0.2, -0.15) is 5.10 Å². The van der Waals surface area contributed by atoms with Crippen LogP contribution in [0.15, 0.2) is 42.2 Å². The SMILES string of the molecule is Cc1nn(C)c2nc(-c3cccs3)cc(C(=O)N3CCN(C(=O)c4cnccn4)CC3)c12. The van der Waals surface area contributed by atoms with Gasteiger partial charge in [0.25, 0.3) is 11.8 Å². The Balaban J connectivity index is 1.42. The van der Waals surface area contributed by atoms with Crippen LogP contribution in [-0.2, 0) is 7.05 Å². The molecule has 0 atom stereocenters. The number of hydrogen-bond acceptors (Lipinski definition) is 7. The molecule has 162 valence electrons. The number of hydrogen-bond donors (Lipinski definition) is 0. The molecule has 5 rings (SSSR count). The van der Waals surface area contributed by atoms with E-state index >= 15 is 0 Å². The minimum atomic E-state index is -0.167. The van der Waals surface area contributed by atoms with Gasteiger partial charge < -0.3 is 9.80 Å². The summed E-state index contributed by atoms with van der Waals surface area (Å²) >= 11 is 1.58. The third kappa shape index (κ3) is 3.52. The first kappa shape index (κ1) is 20.3. The molecule has 5 heterocycles. The number of pyridine rings is 1. The average Bonchev–Trinajstić information content (AvgIpc) is 3.47. The van der Waals surface area contributed by atoms with Gasteiger partial charge in [0.2, 0.25) is 0 Å². The maximum atomic E-state index is 13.6. The lowest BCUT2D eigenvalue weighted by molar-refractivity contribution is 0.0533. The summed E-state index contributed by atoms with van der Waals surface area (Å²) in [6.07, 6.45) is 4.50. The molecule has 1 saturated heterocycles. The van der Waals surface area contributed by atoms with Crippen molar-refractivity contribution < 1.29 is 9.59 Å². The molecule has 0 bridgehead atoms. The van der Waals surface area contributed by atoms with Crippen molar-refractivity contribution in [3.8, 4) is 10.6 Å². The van der Waals surface area contributed by atoms with Crippen LogP contribution < -0.4 is 0 Å². The monoisotopic (exact) mass is 447 g/mol. The van der Waals surface area contributed by atoms with Crippen LogP contribution in [0.5, 0.6) is 0 Å². The van der Waals surface area contributed by atoms with E-state index in [4.69, 9.17) is 4.98 Å². The van der Waals surface area contributed by atoms with Gasteiger partial charge in [-0.15, -0.1) is 11.3 Å². The summed E-state index contributed by atoms with van der Waals surface area (Å²) in [6.45, 7) is 3.67. The van der Waals surface area contributed by atoms with Crippen molar-refractivity contribution in [2.24, 2.45) is 7.05 Å². The molecule has 1 fully saturated rings. The van der Waals surface area contributed by atoms with E-state index in [0.29, 0.717) is 43.1 Å². The van der Waals surface area contributed by atoms with E-state index in [0.717, 1.165) is 21.7 Å². The fraction of sp³-hybridized carbons (Fsp3) is 0.273. The molecule has 0 N–H and O–H groups in total. The molecule has 4 aromatic heterocycles. The van der Waals surface area contributed by atoms with Crippen molar-refractivity contribution in [3.05, 3.63) is 59.1 Å². The number of fused-ring (bicyclic) bond motifs is 1. The second-order valence-corrected chi connectivity index (χ2v) is 8.56. The van der Waals surface area contributed by atoms with Crippen LogP contribution in [-0.4, -0.2) is 72.5 Å². The molecular formula is C22H21N7O2S. The lowest BCUT2D eigenvalue weighted by atomic mass is 10.1. The highest BCUT2D eigenvalue weighted by molar-refractivity contribution is 7.13. The summed E-state index contributed by atoms with van der Waals surface area (Å²) in [5, 5.41) is 7.26. The van der Waals surface area contributed by atoms with Crippen LogP contribution in [0.4, 0.5) is 0 Å². The van der Waals surface area contributed by atoms with E-state index in [-0.39, 0.29) is 11.8 Å². The van der Waals surface area contributed by atoms with Crippen molar-refractivity contribution in [2.45, 2.75) is 6.92 Å². The number of piperazine rings is 1. The summed E-state index contributed by atoms with van der Waals surface area (Å²) < 4.78 is 1.72. The highest BCUT2D eigenvalue weighted by Crippen LogP contribution is 2.30. The second-order valence-electron chi connectivity index (χ2n) is 7.62. The summed E-state index contributed by atoms with van der Waals surface area (Å²) in [7, 11) is 1.84. The highest BCUT2D eigenvalue weighted by Gasteiger charge is 2.28. The Bertz CT molecular complexity index is 1290. The molecule has 0 saturated carbocycles. The van der Waals surface area contributed by atoms with Gasteiger partial charge in [0.1, 0.15) is 5.69 Å². The third-order valence-corrected chi connectivity index (χ3v) is 6.50. The van der Waals surface area contributed by atoms with Crippen molar-refractivity contribution in [1.29, 1.82) is 0 Å². The molecule has 2 amide bonds. The molecule has 0 spiro atoms. The number of amides is 2. The van der Waals surface area contributed by atoms with Crippen LogP contribution in [0.25, 0.3) is 21.6 Å². The number of aromatic nitrogens is 5. The average molecular weight is 448 g/mol. The van der Waals surface area contributed by atoms with E-state index in [2.05, 4.69) is 15.1 Å². The molecule has 0 aliphatic carbocycles. The van der Waals surface area contributed by atoms with Crippen molar-refractivity contribution >= 4 is 34.2 Å². The Hall–Kier alpha value is -3.66. The first-order chi connectivity index (χ1) is 15.5. The van der Waals surface area contributed by atoms with Crippen LogP contribution in [0.1, 0.15) is 26.5 Å². The Kier molecular flexibility index (Phi) is 5.14. The molecule has 1 aliphatic rings. The van der Waals surface area contributed by atoms with Crippen molar-refractivity contribution in [3.63, 3.8) is 0 Å². The predicted octanol–water partition coefficient (Wildman–Crippen LogP) is 2.39. The summed E-state index contributed by atoms with van der Waals surface area (Å²) in [4.78, 5) is 43.6. The Labute approximate surface area is 188 Å². The van der Waals surface area contributed by atoms with Crippen LogP contribution in [0, 0.1) is 6.92 Å². The zero-order valence-corrected chi connectivity index (χ0v) is 18.5. The maximum absolute atomic E-state index is 13.6. The van der Waals surface area contributed by atoms with E-state index in [9.17, 15) is 9.59 Å². The summed E-state index contributed by atoms with van der Waals surface area (Å²) in [5.74, 6) is -0.238. The number of carbonyl (C=O) groups excluding carboxylic acids is 2. The molecular weight excluding hydrogens is 426 g/mol. The fourth-order valence-corrected chi connectivity index (χ4v) is 4.70. The summed E-state index contributed by atoms with van der Waals surface area (Å²) in [5.41, 5.74) is 3.13. The van der Waals surface area contributed by atoms with Gasteiger partial charge in [0, 0.05) is 45.6 Å². The first-order valence-corrected chi connectivity index (χ1v) is 11.1. The molecule has 1 aliphatic heterocycles. The summed E-state index contributed by atoms with van der Waals surface area (Å²) in [6, 6.07) is 5.82. The van der Waals surface area contributed by atoms with Gasteiger partial charge in [-0.05, 0) is 24.4 Å². The largest absolute Gasteiger partial charge is 0.335 e. The first-order valence-electron chi connectivity index (χ1n) is 10.3. The maximum Gasteiger partial charge on any atom is 0.274 e. The highest BCUT2D eigenvalue weighted by atomic mass is 32.1. The van der Waals surface area contributed by atoms with Gasteiger partial charge in [-0.3, -0.25) is 19.3 Å². The second kappa shape index (κ2) is 8.12. The predicted molar refractivity (Wildman–Crippen MR) is 120 cm³/mol. The Morgan fingerprint density at radius 3 is 2.47 bits per heavy atom. The molecule has 10 heteroatoms. The van der Waals surface area contributed by atoms with Crippen LogP contribution in [0.3, 0.4) is 0 Å². The molecule has 32 heavy (non-hydrogen) atoms. The van der Waals surface area contributed by atoms with Gasteiger partial charge in [0.05, 0.1) is 33.4 Å². The minimum Gasteiger partial charge on any atom is -0.335 e. The lowest BCUT2D eigenvalue weighted by Gasteiger charge is -2.34. The molecule has 0 radical (unpaired) electrons. The number of thiophene rings is 1. The smallest absolute Gasteiger partial charge is 0.274 e. The molecule has 0 unspecified atom stereocenters. The number of carbonyl (C=O) groups is 2. The van der Waals surface area contributed by atoms with E-state index in [1.165, 1.54) is 18.6 Å². The molecule has 9 nitrogen and oxygen atoms in total. The molecule has 4 aromatic rings. The van der Waals surface area contributed by atoms with Gasteiger partial charge >= 0.3 is 0 Å². The normalized spacial score (nSPS) is 14.2. The number of nitrogens with zero attached hydrogens (tertiary/aromatic N) is 7. The fourth-order valence-electron chi connectivity index (χ4n) is 4.02. The number of aryl methyl sites for hydroxylation is 2. The van der Waals surface area contributed by atoms with E-state index in [1.54, 1.807) is 25.8 Å². The van der Waals surface area contributed by atoms with Gasteiger partial charge in [-0.25, -0.2) is 9.97 Å². The number of rotatable bonds is 3. The molecule has 0 aromatic carbocycles. The van der Waals surface area contributed by atoms with Gasteiger partial charge in [0.15, 0.2) is 5.65 Å². The Morgan fingerprint density at radius 2 is 1.81 bits per heavy atom. The topological polar surface area (TPSA) is 97.1 Å². The lowest BCUT2D eigenvalue weighted by Crippen LogP contribution is -2.50. The van der Waals surface area contributed by atoms with Crippen LogP contribution in [0.2, 0.25) is 0 Å².